The highest BCUT2D eigenvalue weighted by Crippen LogP contribution is 2.59. The summed E-state index contributed by atoms with van der Waals surface area (Å²) in [6, 6.07) is 36.1. The highest BCUT2D eigenvalue weighted by Gasteiger charge is 2.46. The maximum atomic E-state index is 12.6. The van der Waals surface area contributed by atoms with E-state index in [2.05, 4.69) is 118 Å². The fourth-order valence-electron chi connectivity index (χ4n) is 4.30. The molecule has 0 aliphatic carbocycles. The Labute approximate surface area is 232 Å². The minimum atomic E-state index is -2.11. The second-order valence-electron chi connectivity index (χ2n) is 8.20. The number of nitrogens with one attached hydrogen (secondary N) is 1. The molecule has 0 aliphatic rings. The quantitative estimate of drug-likeness (QED) is 0.288. The molecule has 0 heterocycles. The molecule has 0 saturated carbocycles. The summed E-state index contributed by atoms with van der Waals surface area (Å²) in [5, 5.41) is 7.60. The van der Waals surface area contributed by atoms with Crippen molar-refractivity contribution in [1.82, 2.24) is 0 Å². The van der Waals surface area contributed by atoms with Crippen molar-refractivity contribution in [3.8, 4) is 0 Å². The zero-order valence-electron chi connectivity index (χ0n) is 19.4. The first-order valence-electron chi connectivity index (χ1n) is 11.4. The van der Waals surface area contributed by atoms with Crippen molar-refractivity contribution in [2.45, 2.75) is 25.9 Å². The number of benzene rings is 4. The Kier molecular flexibility index (Phi) is 10.1. The summed E-state index contributed by atoms with van der Waals surface area (Å²) >= 11 is 10.1. The van der Waals surface area contributed by atoms with Gasteiger partial charge in [0.25, 0.3) is 0 Å². The van der Waals surface area contributed by atoms with Gasteiger partial charge in [0.1, 0.15) is 29.3 Å². The van der Waals surface area contributed by atoms with E-state index in [1.54, 1.807) is 0 Å². The third-order valence-corrected chi connectivity index (χ3v) is 11.4. The monoisotopic (exact) mass is 629 g/mol. The van der Waals surface area contributed by atoms with Crippen LogP contribution < -0.4 is 38.2 Å². The molecule has 2 nitrogen and oxygen atoms in total. The van der Waals surface area contributed by atoms with Crippen LogP contribution in [0.3, 0.4) is 0 Å². The Balaban J connectivity index is 0.00000342. The van der Waals surface area contributed by atoms with Crippen LogP contribution in [0.5, 0.6) is 0 Å². The van der Waals surface area contributed by atoms with Crippen molar-refractivity contribution in [3.63, 3.8) is 0 Å². The van der Waals surface area contributed by atoms with Gasteiger partial charge in [0, 0.05) is 22.1 Å². The summed E-state index contributed by atoms with van der Waals surface area (Å²) in [5.41, 5.74) is 1.84. The first-order chi connectivity index (χ1) is 16.5. The number of carbonyl (C=O) groups excluding carboxylic acids is 1. The molecule has 35 heavy (non-hydrogen) atoms. The molecule has 0 fully saturated rings. The molecule has 1 N–H and O–H groups in total. The molecule has 4 aromatic carbocycles. The summed E-state index contributed by atoms with van der Waals surface area (Å²) in [7, 11) is -2.11. The van der Waals surface area contributed by atoms with Gasteiger partial charge in [-0.3, -0.25) is 4.79 Å². The predicted molar refractivity (Wildman–Crippen MR) is 152 cm³/mol. The summed E-state index contributed by atoms with van der Waals surface area (Å²) in [6.45, 7) is 2.01. The molecule has 6 heteroatoms. The van der Waals surface area contributed by atoms with E-state index in [1.165, 1.54) is 15.9 Å². The third kappa shape index (κ3) is 6.24. The van der Waals surface area contributed by atoms with Crippen LogP contribution in [0.25, 0.3) is 0 Å². The first-order valence-corrected chi connectivity index (χ1v) is 14.5. The lowest BCUT2D eigenvalue weighted by atomic mass is 10.2. The van der Waals surface area contributed by atoms with Crippen LogP contribution in [-0.2, 0) is 11.0 Å². The maximum Gasteiger partial charge on any atom is 0.224 e. The van der Waals surface area contributed by atoms with Crippen LogP contribution in [0.2, 0.25) is 5.02 Å². The summed E-state index contributed by atoms with van der Waals surface area (Å²) in [4.78, 5) is 12.6. The standard InChI is InChI=1S/C29H26BrClNOP.BrH/c1-2-12-29(33)32-28-20-27(31)26(30)19-22(28)21-34(23-13-6-3-7-14-23,24-15-8-4-9-16-24)25-17-10-5-11-18-25;/h3-11,13-20H,2,12,21H2,1H3;1H. The van der Waals surface area contributed by atoms with Crippen molar-refractivity contribution in [2.24, 2.45) is 0 Å². The van der Waals surface area contributed by atoms with Crippen molar-refractivity contribution >= 4 is 62.3 Å². The number of carbonyl (C=O) groups is 1. The maximum absolute atomic E-state index is 12.6. The van der Waals surface area contributed by atoms with Gasteiger partial charge in [-0.15, -0.1) is 0 Å². The Morgan fingerprint density at radius 1 is 0.829 bits per heavy atom. The molecule has 1 amide bonds. The Hall–Kier alpha value is -1.97. The minimum Gasteiger partial charge on any atom is -1.00 e. The summed E-state index contributed by atoms with van der Waals surface area (Å²) in [6.07, 6.45) is 2.02. The number of hydrogen-bond donors (Lipinski definition) is 1. The van der Waals surface area contributed by atoms with E-state index in [4.69, 9.17) is 11.6 Å². The fraction of sp³-hybridized carbons (Fsp3) is 0.138. The van der Waals surface area contributed by atoms with Crippen molar-refractivity contribution in [1.29, 1.82) is 0 Å². The highest BCUT2D eigenvalue weighted by atomic mass is 79.9. The second-order valence-corrected chi connectivity index (χ2v) is 12.9. The van der Waals surface area contributed by atoms with Crippen LogP contribution in [0.15, 0.2) is 108 Å². The summed E-state index contributed by atoms with van der Waals surface area (Å²) in [5.74, 6) is 0.00482. The van der Waals surface area contributed by atoms with Crippen molar-refractivity contribution < 1.29 is 21.8 Å². The van der Waals surface area contributed by atoms with Crippen LogP contribution in [0.4, 0.5) is 5.69 Å². The van der Waals surface area contributed by atoms with E-state index in [0.29, 0.717) is 11.4 Å². The molecule has 0 aromatic heterocycles. The van der Waals surface area contributed by atoms with Gasteiger partial charge in [-0.05, 0) is 70.9 Å². The second kappa shape index (κ2) is 12.8. The zero-order valence-corrected chi connectivity index (χ0v) is 24.2. The van der Waals surface area contributed by atoms with E-state index < -0.39 is 7.26 Å². The molecule has 4 aromatic rings. The van der Waals surface area contributed by atoms with Gasteiger partial charge in [-0.2, -0.15) is 0 Å². The molecule has 0 spiro atoms. The van der Waals surface area contributed by atoms with Crippen LogP contribution in [-0.4, -0.2) is 5.91 Å². The van der Waals surface area contributed by atoms with E-state index in [0.717, 1.165) is 28.3 Å². The zero-order chi connectivity index (χ0) is 24.0. The fourth-order valence-corrected chi connectivity index (χ4v) is 9.11. The lowest BCUT2D eigenvalue weighted by Crippen LogP contribution is -3.00. The molecule has 4 rings (SSSR count). The average Bonchev–Trinajstić information content (AvgIpc) is 2.87. The topological polar surface area (TPSA) is 29.1 Å². The Bertz CT molecular complexity index is 1160. The van der Waals surface area contributed by atoms with Crippen LogP contribution in [0, 0.1) is 0 Å². The number of anilines is 1. The van der Waals surface area contributed by atoms with Gasteiger partial charge in [0.15, 0.2) is 0 Å². The SMILES string of the molecule is CCCC(=O)Nc1cc(Cl)c(Br)cc1C[P+](c1ccccc1)(c1ccccc1)c1ccccc1.[Br-]. The number of halogens is 3. The smallest absolute Gasteiger partial charge is 0.224 e. The van der Waals surface area contributed by atoms with Crippen LogP contribution in [0.1, 0.15) is 25.3 Å². The van der Waals surface area contributed by atoms with E-state index >= 15 is 0 Å². The van der Waals surface area contributed by atoms with Gasteiger partial charge in [-0.1, -0.05) is 73.1 Å². The van der Waals surface area contributed by atoms with E-state index in [1.807, 2.05) is 13.0 Å². The first kappa shape index (κ1) is 27.6. The summed E-state index contributed by atoms with van der Waals surface area (Å²) < 4.78 is 0.824. The molecule has 0 atom stereocenters. The molecular formula is C29H27Br2ClNOP. The molecule has 0 saturated heterocycles. The van der Waals surface area contributed by atoms with Crippen LogP contribution >= 0.6 is 34.8 Å². The Morgan fingerprint density at radius 2 is 1.29 bits per heavy atom. The number of hydrogen-bond acceptors (Lipinski definition) is 1. The van der Waals surface area contributed by atoms with Gasteiger partial charge < -0.3 is 22.3 Å². The van der Waals surface area contributed by atoms with Gasteiger partial charge in [0.05, 0.1) is 5.02 Å². The van der Waals surface area contributed by atoms with Gasteiger partial charge in [-0.25, -0.2) is 0 Å². The van der Waals surface area contributed by atoms with Crippen molar-refractivity contribution in [2.75, 3.05) is 5.32 Å². The molecule has 0 bridgehead atoms. The molecule has 0 aliphatic heterocycles. The van der Waals surface area contributed by atoms with E-state index in [-0.39, 0.29) is 22.9 Å². The minimum absolute atomic E-state index is 0. The molecule has 0 unspecified atom stereocenters. The normalized spacial score (nSPS) is 10.9. The lowest BCUT2D eigenvalue weighted by molar-refractivity contribution is -0.116. The van der Waals surface area contributed by atoms with Crippen molar-refractivity contribution in [3.05, 3.63) is 118 Å². The average molecular weight is 632 g/mol. The lowest BCUT2D eigenvalue weighted by Gasteiger charge is -2.28. The third-order valence-electron chi connectivity index (χ3n) is 5.90. The molecule has 0 radical (unpaired) electrons. The Morgan fingerprint density at radius 3 is 1.71 bits per heavy atom. The largest absolute Gasteiger partial charge is 1.00 e. The number of rotatable bonds is 8. The number of amides is 1. The predicted octanol–water partition coefficient (Wildman–Crippen LogP) is 4.34. The molecular weight excluding hydrogens is 605 g/mol. The molecule has 180 valence electrons. The highest BCUT2D eigenvalue weighted by molar-refractivity contribution is 9.10. The van der Waals surface area contributed by atoms with Gasteiger partial charge >= 0.3 is 0 Å². The van der Waals surface area contributed by atoms with E-state index in [9.17, 15) is 4.79 Å². The van der Waals surface area contributed by atoms with Gasteiger partial charge in [0.2, 0.25) is 5.91 Å².